The van der Waals surface area contributed by atoms with Gasteiger partial charge >= 0.3 is 29.6 Å². The number of hydrogen-bond donors (Lipinski definition) is 2. The van der Waals surface area contributed by atoms with Gasteiger partial charge in [-0.3, -0.25) is 0 Å². The first kappa shape index (κ1) is 13.9. The van der Waals surface area contributed by atoms with Crippen LogP contribution in [0.15, 0.2) is 42.5 Å². The van der Waals surface area contributed by atoms with E-state index in [1.807, 2.05) is 25.1 Å². The fourth-order valence-electron chi connectivity index (χ4n) is 1.46. The van der Waals surface area contributed by atoms with E-state index in [4.69, 9.17) is 5.73 Å². The number of hydrogen-bond acceptors (Lipinski definition) is 3. The minimum absolute atomic E-state index is 0. The van der Waals surface area contributed by atoms with E-state index in [0.29, 0.717) is 0 Å². The molecule has 0 unspecified atom stereocenters. The molecular formula is C13H13N2NaO. The molecule has 0 amide bonds. The molecule has 0 aromatic heterocycles. The van der Waals surface area contributed by atoms with Crippen molar-refractivity contribution in [1.82, 2.24) is 0 Å². The molecule has 82 valence electrons. The Balaban J connectivity index is 0.00000144. The number of nitrogens with one attached hydrogen (secondary N) is 1. The molecule has 0 aliphatic carbocycles. The molecule has 0 saturated heterocycles. The average molecular weight is 236 g/mol. The molecule has 0 heterocycles. The first-order valence-corrected chi connectivity index (χ1v) is 5.05. The Morgan fingerprint density at radius 2 is 1.59 bits per heavy atom. The molecule has 4 heteroatoms. The van der Waals surface area contributed by atoms with Crippen LogP contribution >= 0.6 is 0 Å². The number of nitrogen functional groups attached to an aromatic ring is 1. The number of aryl methyl sites for hydroxylation is 1. The summed E-state index contributed by atoms with van der Waals surface area (Å²) in [5.74, 6) is 0.0130. The summed E-state index contributed by atoms with van der Waals surface area (Å²) >= 11 is 0. The zero-order valence-electron chi connectivity index (χ0n) is 10.0. The summed E-state index contributed by atoms with van der Waals surface area (Å²) in [7, 11) is 0. The first-order chi connectivity index (χ1) is 7.65. The third-order valence-electron chi connectivity index (χ3n) is 2.41. The molecule has 2 rings (SSSR count). The first-order valence-electron chi connectivity index (χ1n) is 5.05. The number of rotatable bonds is 2. The predicted molar refractivity (Wildman–Crippen MR) is 64.8 cm³/mol. The molecule has 0 saturated carbocycles. The van der Waals surface area contributed by atoms with E-state index in [9.17, 15) is 5.11 Å². The Kier molecular flexibility index (Phi) is 4.87. The van der Waals surface area contributed by atoms with Gasteiger partial charge in [0.25, 0.3) is 0 Å². The number of benzene rings is 2. The summed E-state index contributed by atoms with van der Waals surface area (Å²) in [6, 6.07) is 12.3. The van der Waals surface area contributed by atoms with Gasteiger partial charge in [-0.2, -0.15) is 0 Å². The number of anilines is 3. The second kappa shape index (κ2) is 5.96. The van der Waals surface area contributed by atoms with Crippen LogP contribution in [0.1, 0.15) is 5.56 Å². The summed E-state index contributed by atoms with van der Waals surface area (Å²) in [5.41, 5.74) is 9.40. The van der Waals surface area contributed by atoms with Crippen LogP contribution in [-0.4, -0.2) is 0 Å². The van der Waals surface area contributed by atoms with Crippen molar-refractivity contribution in [2.75, 3.05) is 11.1 Å². The van der Waals surface area contributed by atoms with Crippen molar-refractivity contribution in [3.05, 3.63) is 48.0 Å². The van der Waals surface area contributed by atoms with Crippen LogP contribution < -0.4 is 45.7 Å². The SMILES string of the molecule is Cc1cc(Nc2ccc([O-])cc2)ccc1N.[Na+]. The van der Waals surface area contributed by atoms with Gasteiger partial charge in [-0.1, -0.05) is 12.1 Å². The van der Waals surface area contributed by atoms with Crippen molar-refractivity contribution in [3.8, 4) is 5.75 Å². The van der Waals surface area contributed by atoms with Crippen LogP contribution in [0, 0.1) is 6.92 Å². The minimum atomic E-state index is 0. The van der Waals surface area contributed by atoms with Crippen molar-refractivity contribution in [1.29, 1.82) is 0 Å². The van der Waals surface area contributed by atoms with Gasteiger partial charge in [0.2, 0.25) is 0 Å². The van der Waals surface area contributed by atoms with Crippen LogP contribution in [0.3, 0.4) is 0 Å². The van der Waals surface area contributed by atoms with Crippen LogP contribution in [0.5, 0.6) is 5.75 Å². The van der Waals surface area contributed by atoms with Gasteiger partial charge in [-0.15, -0.1) is 5.75 Å². The Bertz CT molecular complexity index is 497. The fraction of sp³-hybridized carbons (Fsp3) is 0.0769. The van der Waals surface area contributed by atoms with E-state index in [0.717, 1.165) is 22.6 Å². The van der Waals surface area contributed by atoms with Gasteiger partial charge < -0.3 is 16.2 Å². The Morgan fingerprint density at radius 1 is 1.00 bits per heavy atom. The molecule has 0 spiro atoms. The largest absolute Gasteiger partial charge is 1.00 e. The molecule has 2 aromatic carbocycles. The molecule has 3 N–H and O–H groups in total. The maximum Gasteiger partial charge on any atom is 1.00 e. The zero-order valence-corrected chi connectivity index (χ0v) is 12.0. The molecule has 3 nitrogen and oxygen atoms in total. The van der Waals surface area contributed by atoms with Gasteiger partial charge in [0.05, 0.1) is 0 Å². The predicted octanol–water partition coefficient (Wildman–Crippen LogP) is -0.602. The summed E-state index contributed by atoms with van der Waals surface area (Å²) < 4.78 is 0. The van der Waals surface area contributed by atoms with Crippen molar-refractivity contribution >= 4 is 17.1 Å². The third-order valence-corrected chi connectivity index (χ3v) is 2.41. The fourth-order valence-corrected chi connectivity index (χ4v) is 1.46. The van der Waals surface area contributed by atoms with Gasteiger partial charge in [-0.05, 0) is 42.8 Å². The molecule has 0 bridgehead atoms. The van der Waals surface area contributed by atoms with E-state index >= 15 is 0 Å². The summed E-state index contributed by atoms with van der Waals surface area (Å²) in [5, 5.41) is 14.1. The normalized spacial score (nSPS) is 9.47. The maximum atomic E-state index is 10.9. The van der Waals surface area contributed by atoms with Crippen molar-refractivity contribution in [2.45, 2.75) is 6.92 Å². The quantitative estimate of drug-likeness (QED) is 0.540. The van der Waals surface area contributed by atoms with Gasteiger partial charge in [0.15, 0.2) is 0 Å². The van der Waals surface area contributed by atoms with Crippen LogP contribution in [-0.2, 0) is 0 Å². The van der Waals surface area contributed by atoms with Crippen LogP contribution in [0.25, 0.3) is 0 Å². The number of nitrogens with two attached hydrogens (primary N) is 1. The molecule has 0 aliphatic rings. The Labute approximate surface area is 123 Å². The average Bonchev–Trinajstić information content (AvgIpc) is 2.27. The van der Waals surface area contributed by atoms with E-state index in [2.05, 4.69) is 5.32 Å². The molecule has 0 aliphatic heterocycles. The standard InChI is InChI=1S/C13H14N2O.Na/c1-9-8-11(4-7-13(9)14)15-10-2-5-12(16)6-3-10;/h2-8,15-16H,14H2,1H3;/q;+1/p-1. The molecule has 0 atom stereocenters. The Hall–Kier alpha value is -1.16. The van der Waals surface area contributed by atoms with Crippen LogP contribution in [0.2, 0.25) is 0 Å². The summed E-state index contributed by atoms with van der Waals surface area (Å²) in [6.07, 6.45) is 0. The molecule has 2 aromatic rings. The smallest absolute Gasteiger partial charge is 0.872 e. The van der Waals surface area contributed by atoms with Crippen molar-refractivity contribution in [2.24, 2.45) is 0 Å². The summed E-state index contributed by atoms with van der Waals surface area (Å²) in [6.45, 7) is 1.96. The van der Waals surface area contributed by atoms with E-state index < -0.39 is 0 Å². The maximum absolute atomic E-state index is 10.9. The van der Waals surface area contributed by atoms with E-state index in [1.165, 1.54) is 12.1 Å². The zero-order chi connectivity index (χ0) is 11.5. The summed E-state index contributed by atoms with van der Waals surface area (Å²) in [4.78, 5) is 0. The van der Waals surface area contributed by atoms with Gasteiger partial charge in [0.1, 0.15) is 0 Å². The molecule has 0 radical (unpaired) electrons. The van der Waals surface area contributed by atoms with Crippen molar-refractivity contribution in [3.63, 3.8) is 0 Å². The van der Waals surface area contributed by atoms with Crippen molar-refractivity contribution < 1.29 is 34.7 Å². The van der Waals surface area contributed by atoms with Gasteiger partial charge in [0, 0.05) is 17.1 Å². The molecular weight excluding hydrogens is 223 g/mol. The Morgan fingerprint density at radius 3 is 2.18 bits per heavy atom. The van der Waals surface area contributed by atoms with Crippen LogP contribution in [0.4, 0.5) is 17.1 Å². The second-order valence-electron chi connectivity index (χ2n) is 3.72. The monoisotopic (exact) mass is 236 g/mol. The minimum Gasteiger partial charge on any atom is -0.872 e. The molecule has 17 heavy (non-hydrogen) atoms. The third kappa shape index (κ3) is 3.66. The van der Waals surface area contributed by atoms with E-state index in [1.54, 1.807) is 12.1 Å². The van der Waals surface area contributed by atoms with Gasteiger partial charge in [-0.25, -0.2) is 0 Å². The van der Waals surface area contributed by atoms with E-state index in [-0.39, 0.29) is 35.3 Å². The molecule has 0 fully saturated rings. The second-order valence-corrected chi connectivity index (χ2v) is 3.72. The topological polar surface area (TPSA) is 61.1 Å².